The van der Waals surface area contributed by atoms with Crippen LogP contribution in [0.15, 0.2) is 35.2 Å². The number of hydrogen-bond acceptors (Lipinski definition) is 6. The number of nitrogens with two attached hydrogens (primary N) is 1. The molecule has 0 spiro atoms. The Morgan fingerprint density at radius 2 is 1.96 bits per heavy atom. The lowest BCUT2D eigenvalue weighted by Crippen LogP contribution is -2.09. The Balaban J connectivity index is 2.21. The molecule has 0 radical (unpaired) electrons. The van der Waals surface area contributed by atoms with E-state index in [2.05, 4.69) is 15.1 Å². The molecule has 0 fully saturated rings. The molecule has 0 aliphatic carbocycles. The summed E-state index contributed by atoms with van der Waals surface area (Å²) in [5.74, 6) is -0.170. The second-order valence-corrected chi connectivity index (χ2v) is 6.32. The Labute approximate surface area is 148 Å². The summed E-state index contributed by atoms with van der Waals surface area (Å²) in [6.07, 6.45) is 1.84. The van der Waals surface area contributed by atoms with E-state index >= 15 is 0 Å². The number of aromatic nitrogens is 4. The van der Waals surface area contributed by atoms with E-state index in [4.69, 9.17) is 5.73 Å². The number of carboxylic acid groups (broad SMARTS) is 1. The van der Waals surface area contributed by atoms with Gasteiger partial charge in [-0.3, -0.25) is 0 Å². The van der Waals surface area contributed by atoms with Gasteiger partial charge in [-0.25, -0.2) is 14.8 Å². The van der Waals surface area contributed by atoms with Crippen LogP contribution in [0.3, 0.4) is 0 Å². The molecule has 0 saturated heterocycles. The van der Waals surface area contributed by atoms with E-state index in [0.717, 1.165) is 17.0 Å². The first-order valence-electron chi connectivity index (χ1n) is 7.49. The van der Waals surface area contributed by atoms with Gasteiger partial charge >= 0.3 is 5.97 Å². The number of benzene rings is 1. The van der Waals surface area contributed by atoms with Crippen molar-refractivity contribution < 1.29 is 9.90 Å². The third-order valence-electron chi connectivity index (χ3n) is 3.62. The van der Waals surface area contributed by atoms with E-state index in [0.29, 0.717) is 22.4 Å². The van der Waals surface area contributed by atoms with Crippen LogP contribution < -0.4 is 5.73 Å². The zero-order valence-corrected chi connectivity index (χ0v) is 14.8. The van der Waals surface area contributed by atoms with Gasteiger partial charge < -0.3 is 10.8 Å². The molecule has 3 rings (SSSR count). The first-order chi connectivity index (χ1) is 11.9. The molecule has 0 unspecified atom stereocenters. The number of rotatable bonds is 4. The van der Waals surface area contributed by atoms with Gasteiger partial charge in [-0.15, -0.1) is 11.8 Å². The topological polar surface area (TPSA) is 107 Å². The van der Waals surface area contributed by atoms with Crippen molar-refractivity contribution in [1.82, 2.24) is 19.7 Å². The Morgan fingerprint density at radius 1 is 1.20 bits per heavy atom. The number of aromatic carboxylic acids is 1. The van der Waals surface area contributed by atoms with Gasteiger partial charge in [0.05, 0.1) is 17.0 Å². The molecule has 0 aliphatic heterocycles. The molecule has 0 amide bonds. The van der Waals surface area contributed by atoms with Crippen LogP contribution in [0.5, 0.6) is 0 Å². The monoisotopic (exact) mass is 355 g/mol. The van der Waals surface area contributed by atoms with Gasteiger partial charge in [0, 0.05) is 22.2 Å². The fourth-order valence-electron chi connectivity index (χ4n) is 2.59. The highest BCUT2D eigenvalue weighted by atomic mass is 32.2. The van der Waals surface area contributed by atoms with Gasteiger partial charge in [-0.2, -0.15) is 9.78 Å². The lowest BCUT2D eigenvalue weighted by atomic mass is 10.1. The standard InChI is InChI=1S/C17H17N5O2S/c1-9-7-13(11-5-4-6-12(16(23)24)15(11)25-3)20-17(19-9)22-14(18)8-10(2)21-22/h4-8H,18H2,1-3H3,(H,23,24). The van der Waals surface area contributed by atoms with Crippen LogP contribution in [0.25, 0.3) is 17.2 Å². The smallest absolute Gasteiger partial charge is 0.336 e. The van der Waals surface area contributed by atoms with Gasteiger partial charge in [0.15, 0.2) is 0 Å². The molecule has 7 nitrogen and oxygen atoms in total. The summed E-state index contributed by atoms with van der Waals surface area (Å²) in [6.45, 7) is 3.69. The molecule has 3 aromatic rings. The number of carbonyl (C=O) groups is 1. The van der Waals surface area contributed by atoms with E-state index in [1.807, 2.05) is 32.2 Å². The highest BCUT2D eigenvalue weighted by Gasteiger charge is 2.17. The molecule has 0 aliphatic rings. The summed E-state index contributed by atoms with van der Waals surface area (Å²) in [5, 5.41) is 13.7. The summed E-state index contributed by atoms with van der Waals surface area (Å²) in [4.78, 5) is 21.1. The second kappa shape index (κ2) is 6.56. The van der Waals surface area contributed by atoms with Gasteiger partial charge in [0.1, 0.15) is 5.82 Å². The van der Waals surface area contributed by atoms with Crippen molar-refractivity contribution in [1.29, 1.82) is 0 Å². The Morgan fingerprint density at radius 3 is 2.56 bits per heavy atom. The maximum Gasteiger partial charge on any atom is 0.336 e. The highest BCUT2D eigenvalue weighted by molar-refractivity contribution is 7.98. The number of aryl methyl sites for hydroxylation is 2. The highest BCUT2D eigenvalue weighted by Crippen LogP contribution is 2.33. The Bertz CT molecular complexity index is 968. The fourth-order valence-corrected chi connectivity index (χ4v) is 3.36. The molecule has 128 valence electrons. The molecule has 0 bridgehead atoms. The van der Waals surface area contributed by atoms with Crippen molar-refractivity contribution in [3.63, 3.8) is 0 Å². The molecular weight excluding hydrogens is 338 g/mol. The van der Waals surface area contributed by atoms with E-state index in [1.54, 1.807) is 18.2 Å². The van der Waals surface area contributed by atoms with E-state index in [9.17, 15) is 9.90 Å². The summed E-state index contributed by atoms with van der Waals surface area (Å²) in [7, 11) is 0. The summed E-state index contributed by atoms with van der Waals surface area (Å²) in [5.41, 5.74) is 9.09. The van der Waals surface area contributed by atoms with Crippen LogP contribution in [-0.2, 0) is 0 Å². The summed E-state index contributed by atoms with van der Waals surface area (Å²) >= 11 is 1.37. The van der Waals surface area contributed by atoms with Crippen LogP contribution in [0.1, 0.15) is 21.7 Å². The maximum absolute atomic E-state index is 11.5. The Hall–Kier alpha value is -2.87. The predicted octanol–water partition coefficient (Wildman–Crippen LogP) is 2.95. The van der Waals surface area contributed by atoms with Gasteiger partial charge in [-0.05, 0) is 32.2 Å². The molecule has 1 aromatic carbocycles. The molecule has 2 heterocycles. The predicted molar refractivity (Wildman–Crippen MR) is 97.2 cm³/mol. The number of hydrogen-bond donors (Lipinski definition) is 2. The van der Waals surface area contributed by atoms with Crippen LogP contribution in [0.2, 0.25) is 0 Å². The zero-order chi connectivity index (χ0) is 18.1. The summed E-state index contributed by atoms with van der Waals surface area (Å²) in [6, 6.07) is 8.70. The molecular formula is C17H17N5O2S. The van der Waals surface area contributed by atoms with Crippen molar-refractivity contribution in [3.8, 4) is 17.2 Å². The molecule has 0 saturated carbocycles. The van der Waals surface area contributed by atoms with Crippen molar-refractivity contribution >= 4 is 23.5 Å². The third kappa shape index (κ3) is 3.20. The lowest BCUT2D eigenvalue weighted by Gasteiger charge is -2.12. The fraction of sp³-hybridized carbons (Fsp3) is 0.176. The summed E-state index contributed by atoms with van der Waals surface area (Å²) < 4.78 is 1.48. The number of nitrogens with zero attached hydrogens (tertiary/aromatic N) is 4. The van der Waals surface area contributed by atoms with E-state index in [1.165, 1.54) is 16.4 Å². The van der Waals surface area contributed by atoms with Crippen molar-refractivity contribution in [3.05, 3.63) is 47.3 Å². The largest absolute Gasteiger partial charge is 0.478 e. The van der Waals surface area contributed by atoms with Gasteiger partial charge in [0.2, 0.25) is 0 Å². The van der Waals surface area contributed by atoms with Crippen LogP contribution in [-0.4, -0.2) is 37.1 Å². The molecule has 2 aromatic heterocycles. The first-order valence-corrected chi connectivity index (χ1v) is 8.72. The third-order valence-corrected chi connectivity index (χ3v) is 4.46. The SMILES string of the molecule is CSc1c(C(=O)O)cccc1-c1cc(C)nc(-n2nc(C)cc2N)n1. The number of thioether (sulfide) groups is 1. The van der Waals surface area contributed by atoms with Crippen LogP contribution >= 0.6 is 11.8 Å². The van der Waals surface area contributed by atoms with Crippen molar-refractivity contribution in [2.45, 2.75) is 18.7 Å². The molecule has 3 N–H and O–H groups in total. The second-order valence-electron chi connectivity index (χ2n) is 5.51. The lowest BCUT2D eigenvalue weighted by molar-refractivity contribution is 0.0693. The first kappa shape index (κ1) is 17.0. The normalized spacial score (nSPS) is 10.8. The molecule has 0 atom stereocenters. The quantitative estimate of drug-likeness (QED) is 0.693. The van der Waals surface area contributed by atoms with Crippen LogP contribution in [0.4, 0.5) is 5.82 Å². The van der Waals surface area contributed by atoms with E-state index in [-0.39, 0.29) is 5.56 Å². The minimum Gasteiger partial charge on any atom is -0.478 e. The average Bonchev–Trinajstić information content (AvgIpc) is 2.91. The maximum atomic E-state index is 11.5. The average molecular weight is 355 g/mol. The minimum atomic E-state index is -0.968. The number of anilines is 1. The van der Waals surface area contributed by atoms with Gasteiger partial charge in [0.25, 0.3) is 5.95 Å². The zero-order valence-electron chi connectivity index (χ0n) is 14.0. The molecule has 25 heavy (non-hydrogen) atoms. The minimum absolute atomic E-state index is 0.247. The number of nitrogen functional groups attached to an aromatic ring is 1. The van der Waals surface area contributed by atoms with Crippen molar-refractivity contribution in [2.75, 3.05) is 12.0 Å². The Kier molecular flexibility index (Phi) is 4.45. The van der Waals surface area contributed by atoms with Crippen molar-refractivity contribution in [2.24, 2.45) is 0 Å². The molecule has 8 heteroatoms. The van der Waals surface area contributed by atoms with E-state index < -0.39 is 5.97 Å². The number of carboxylic acids is 1. The van der Waals surface area contributed by atoms with Gasteiger partial charge in [-0.1, -0.05) is 12.1 Å². The van der Waals surface area contributed by atoms with Crippen LogP contribution in [0, 0.1) is 13.8 Å².